The van der Waals surface area contributed by atoms with Crippen molar-refractivity contribution in [3.05, 3.63) is 24.3 Å². The van der Waals surface area contributed by atoms with Crippen LogP contribution in [0.25, 0.3) is 0 Å². The van der Waals surface area contributed by atoms with E-state index in [9.17, 15) is 9.59 Å². The Morgan fingerprint density at radius 1 is 1.43 bits per heavy atom. The second kappa shape index (κ2) is 7.88. The van der Waals surface area contributed by atoms with E-state index in [1.54, 1.807) is 7.11 Å². The third kappa shape index (κ3) is 3.90. The molecule has 0 N–H and O–H groups in total. The van der Waals surface area contributed by atoms with Crippen molar-refractivity contribution in [2.75, 3.05) is 20.5 Å². The summed E-state index contributed by atoms with van der Waals surface area (Å²) in [5, 5.41) is 0. The fourth-order valence-corrected chi connectivity index (χ4v) is 3.90. The molecule has 2 rings (SSSR count). The Bertz CT molecular complexity index is 496. The SMILES string of the molecule is C=CCOC(=O)CC(=O)C1=CCC[C@]2(C)[C@@H](OCOC)CC[C@H]12. The number of carbonyl (C=O) groups is 2. The molecule has 0 aliphatic heterocycles. The molecule has 3 atom stereocenters. The minimum absolute atomic E-state index is 0.0662. The zero-order valence-electron chi connectivity index (χ0n) is 14.0. The molecule has 2 aliphatic rings. The van der Waals surface area contributed by atoms with Crippen LogP contribution in [0.15, 0.2) is 24.3 Å². The first-order valence-corrected chi connectivity index (χ1v) is 8.13. The summed E-state index contributed by atoms with van der Waals surface area (Å²) >= 11 is 0. The van der Waals surface area contributed by atoms with Crippen LogP contribution in [-0.2, 0) is 23.8 Å². The smallest absolute Gasteiger partial charge is 0.313 e. The maximum Gasteiger partial charge on any atom is 0.313 e. The van der Waals surface area contributed by atoms with E-state index in [1.165, 1.54) is 6.08 Å². The van der Waals surface area contributed by atoms with Crippen LogP contribution < -0.4 is 0 Å². The van der Waals surface area contributed by atoms with Crippen LogP contribution in [0.2, 0.25) is 0 Å². The molecule has 0 aromatic carbocycles. The Morgan fingerprint density at radius 3 is 2.91 bits per heavy atom. The van der Waals surface area contributed by atoms with E-state index in [0.717, 1.165) is 31.3 Å². The van der Waals surface area contributed by atoms with Crippen LogP contribution in [0.1, 0.15) is 39.0 Å². The van der Waals surface area contributed by atoms with Gasteiger partial charge in [0.2, 0.25) is 0 Å². The number of ketones is 1. The summed E-state index contributed by atoms with van der Waals surface area (Å²) in [5.41, 5.74) is 0.710. The summed E-state index contributed by atoms with van der Waals surface area (Å²) in [6.07, 6.45) is 7.03. The van der Waals surface area contributed by atoms with Crippen LogP contribution in [0.5, 0.6) is 0 Å². The van der Waals surface area contributed by atoms with Gasteiger partial charge in [0, 0.05) is 12.5 Å². The Hall–Kier alpha value is -1.46. The normalized spacial score (nSPS) is 29.6. The van der Waals surface area contributed by atoms with Gasteiger partial charge in [-0.3, -0.25) is 9.59 Å². The highest BCUT2D eigenvalue weighted by atomic mass is 16.7. The highest BCUT2D eigenvalue weighted by Gasteiger charge is 2.50. The molecule has 1 fully saturated rings. The molecule has 5 heteroatoms. The summed E-state index contributed by atoms with van der Waals surface area (Å²) in [6.45, 7) is 6.08. The third-order valence-corrected chi connectivity index (χ3v) is 5.05. The number of fused-ring (bicyclic) bond motifs is 1. The lowest BCUT2D eigenvalue weighted by atomic mass is 9.67. The molecule has 0 heterocycles. The number of hydrogen-bond donors (Lipinski definition) is 0. The standard InChI is InChI=1S/C18H26O5/c1-4-10-22-17(20)11-15(19)13-6-5-9-18(2)14(13)7-8-16(18)23-12-21-3/h4,6,14,16H,1,5,7-12H2,2-3H3/t14-,16+,18+/m1/s1. The van der Waals surface area contributed by atoms with Crippen molar-refractivity contribution in [1.29, 1.82) is 0 Å². The van der Waals surface area contributed by atoms with Gasteiger partial charge in [-0.05, 0) is 37.2 Å². The number of hydrogen-bond acceptors (Lipinski definition) is 5. The van der Waals surface area contributed by atoms with Gasteiger partial charge in [-0.25, -0.2) is 0 Å². The predicted molar refractivity (Wildman–Crippen MR) is 85.7 cm³/mol. The first-order valence-electron chi connectivity index (χ1n) is 8.13. The Balaban J connectivity index is 2.03. The number of methoxy groups -OCH3 is 1. The van der Waals surface area contributed by atoms with Crippen LogP contribution in [0.4, 0.5) is 0 Å². The van der Waals surface area contributed by atoms with Crippen molar-refractivity contribution in [3.8, 4) is 0 Å². The summed E-state index contributed by atoms with van der Waals surface area (Å²) in [5.74, 6) is -0.464. The van der Waals surface area contributed by atoms with Gasteiger partial charge in [0.05, 0.1) is 6.10 Å². The molecule has 0 aromatic heterocycles. The van der Waals surface area contributed by atoms with E-state index in [2.05, 4.69) is 13.5 Å². The molecule has 1 saturated carbocycles. The molecule has 128 valence electrons. The maximum atomic E-state index is 12.5. The number of allylic oxidation sites excluding steroid dienone is 2. The molecular formula is C18H26O5. The van der Waals surface area contributed by atoms with E-state index < -0.39 is 5.97 Å². The first-order chi connectivity index (χ1) is 11.0. The Morgan fingerprint density at radius 2 is 2.22 bits per heavy atom. The van der Waals surface area contributed by atoms with Gasteiger partial charge in [0.25, 0.3) is 0 Å². The van der Waals surface area contributed by atoms with E-state index >= 15 is 0 Å². The van der Waals surface area contributed by atoms with E-state index in [4.69, 9.17) is 14.2 Å². The molecule has 0 amide bonds. The Kier molecular flexibility index (Phi) is 6.13. The molecule has 23 heavy (non-hydrogen) atoms. The lowest BCUT2D eigenvalue weighted by Crippen LogP contribution is -2.39. The van der Waals surface area contributed by atoms with Gasteiger partial charge in [-0.2, -0.15) is 0 Å². The van der Waals surface area contributed by atoms with Crippen molar-refractivity contribution in [3.63, 3.8) is 0 Å². The fraction of sp³-hybridized carbons (Fsp3) is 0.667. The predicted octanol–water partition coefficient (Wildman–Crippen LogP) is 2.80. The molecule has 0 bridgehead atoms. The second-order valence-corrected chi connectivity index (χ2v) is 6.47. The van der Waals surface area contributed by atoms with Crippen molar-refractivity contribution < 1.29 is 23.8 Å². The molecule has 0 saturated heterocycles. The average molecular weight is 322 g/mol. The van der Waals surface area contributed by atoms with E-state index in [1.807, 2.05) is 6.08 Å². The number of rotatable bonds is 8. The highest BCUT2D eigenvalue weighted by Crippen LogP contribution is 2.53. The first kappa shape index (κ1) is 17.9. The van der Waals surface area contributed by atoms with Gasteiger partial charge in [0.1, 0.15) is 19.8 Å². The Labute approximate surface area is 137 Å². The lowest BCUT2D eigenvalue weighted by Gasteiger charge is -2.40. The van der Waals surface area contributed by atoms with Crippen molar-refractivity contribution in [2.24, 2.45) is 11.3 Å². The van der Waals surface area contributed by atoms with Crippen molar-refractivity contribution in [2.45, 2.75) is 45.1 Å². The topological polar surface area (TPSA) is 61.8 Å². The summed E-state index contributed by atoms with van der Waals surface area (Å²) in [6, 6.07) is 0. The molecule has 0 unspecified atom stereocenters. The molecule has 0 spiro atoms. The van der Waals surface area contributed by atoms with E-state index in [-0.39, 0.29) is 43.0 Å². The van der Waals surface area contributed by atoms with Crippen LogP contribution in [-0.4, -0.2) is 38.4 Å². The quantitative estimate of drug-likeness (QED) is 0.298. The molecule has 5 nitrogen and oxygen atoms in total. The van der Waals surface area contributed by atoms with Gasteiger partial charge in [-0.15, -0.1) is 0 Å². The molecule has 0 aromatic rings. The van der Waals surface area contributed by atoms with E-state index in [0.29, 0.717) is 0 Å². The zero-order valence-corrected chi connectivity index (χ0v) is 14.0. The van der Waals surface area contributed by atoms with Gasteiger partial charge in [-0.1, -0.05) is 25.7 Å². The van der Waals surface area contributed by atoms with Crippen LogP contribution >= 0.6 is 0 Å². The minimum atomic E-state index is -0.492. The molecule has 0 radical (unpaired) electrons. The van der Waals surface area contributed by atoms with Crippen molar-refractivity contribution >= 4 is 11.8 Å². The molecular weight excluding hydrogens is 296 g/mol. The van der Waals surface area contributed by atoms with Gasteiger partial charge in [0.15, 0.2) is 5.78 Å². The van der Waals surface area contributed by atoms with Crippen LogP contribution in [0, 0.1) is 11.3 Å². The monoisotopic (exact) mass is 322 g/mol. The average Bonchev–Trinajstić information content (AvgIpc) is 2.87. The van der Waals surface area contributed by atoms with Crippen LogP contribution in [0.3, 0.4) is 0 Å². The number of ether oxygens (including phenoxy) is 3. The number of Topliss-reactive ketones (excluding diaryl/α,β-unsaturated/α-hetero) is 1. The van der Waals surface area contributed by atoms with Crippen molar-refractivity contribution in [1.82, 2.24) is 0 Å². The lowest BCUT2D eigenvalue weighted by molar-refractivity contribution is -0.144. The number of carbonyl (C=O) groups excluding carboxylic acids is 2. The van der Waals surface area contributed by atoms with Gasteiger partial charge < -0.3 is 14.2 Å². The highest BCUT2D eigenvalue weighted by molar-refractivity contribution is 6.06. The largest absolute Gasteiger partial charge is 0.461 e. The summed E-state index contributed by atoms with van der Waals surface area (Å²) in [4.78, 5) is 24.2. The number of esters is 1. The minimum Gasteiger partial charge on any atom is -0.461 e. The second-order valence-electron chi connectivity index (χ2n) is 6.47. The summed E-state index contributed by atoms with van der Waals surface area (Å²) in [7, 11) is 1.61. The van der Waals surface area contributed by atoms with Gasteiger partial charge >= 0.3 is 5.97 Å². The fourth-order valence-electron chi connectivity index (χ4n) is 3.90. The zero-order chi connectivity index (χ0) is 16.9. The maximum absolute atomic E-state index is 12.5. The third-order valence-electron chi connectivity index (χ3n) is 5.05. The summed E-state index contributed by atoms with van der Waals surface area (Å²) < 4.78 is 15.8. The molecule has 2 aliphatic carbocycles.